The number of esters is 2. The molecule has 31 heavy (non-hydrogen) atoms. The molecule has 0 aliphatic heterocycles. The first-order valence-corrected chi connectivity index (χ1v) is 9.83. The van der Waals surface area contributed by atoms with Crippen LogP contribution < -0.4 is 15.1 Å². The van der Waals surface area contributed by atoms with Crippen molar-refractivity contribution in [2.45, 2.75) is 19.8 Å². The van der Waals surface area contributed by atoms with Crippen molar-refractivity contribution in [3.63, 3.8) is 0 Å². The van der Waals surface area contributed by atoms with Gasteiger partial charge in [-0.25, -0.2) is 14.4 Å². The first-order valence-electron chi connectivity index (χ1n) is 9.83. The molecule has 0 bridgehead atoms. The van der Waals surface area contributed by atoms with Gasteiger partial charge in [-0.3, -0.25) is 0 Å². The number of fused-ring (bicyclic) bond motifs is 1. The molecule has 0 saturated carbocycles. The predicted octanol–water partition coefficient (Wildman–Crippen LogP) is 4.29. The monoisotopic (exact) mass is 422 g/mol. The summed E-state index contributed by atoms with van der Waals surface area (Å²) >= 11 is 0. The first-order chi connectivity index (χ1) is 15.0. The molecule has 0 fully saturated rings. The lowest BCUT2D eigenvalue weighted by molar-refractivity contribution is -0.137. The highest BCUT2D eigenvalue weighted by molar-refractivity contribution is 5.91. The fourth-order valence-corrected chi connectivity index (χ4v) is 2.71. The normalized spacial score (nSPS) is 10.9. The lowest BCUT2D eigenvalue weighted by atomic mass is 10.2. The van der Waals surface area contributed by atoms with E-state index in [1.165, 1.54) is 18.2 Å². The van der Waals surface area contributed by atoms with Gasteiger partial charge in [0.05, 0.1) is 18.8 Å². The minimum absolute atomic E-state index is 0.280. The molecule has 0 radical (unpaired) electrons. The number of carbonyl (C=O) groups excluding carboxylic acids is 2. The van der Waals surface area contributed by atoms with Crippen molar-refractivity contribution in [1.29, 1.82) is 0 Å². The summed E-state index contributed by atoms with van der Waals surface area (Å²) in [6, 6.07) is 14.4. The molecule has 7 heteroatoms. The molecule has 0 amide bonds. The lowest BCUT2D eigenvalue weighted by Crippen LogP contribution is -2.08. The maximum atomic E-state index is 12.4. The molecule has 2 aromatic carbocycles. The van der Waals surface area contributed by atoms with Crippen LogP contribution in [0.1, 0.15) is 30.1 Å². The van der Waals surface area contributed by atoms with Crippen LogP contribution in [0.2, 0.25) is 0 Å². The summed E-state index contributed by atoms with van der Waals surface area (Å²) in [5.41, 5.74) is 0.234. The zero-order valence-corrected chi connectivity index (χ0v) is 17.0. The van der Waals surface area contributed by atoms with Crippen molar-refractivity contribution in [3.8, 4) is 11.5 Å². The van der Waals surface area contributed by atoms with E-state index in [2.05, 4.69) is 0 Å². The largest absolute Gasteiger partial charge is 0.494 e. The maximum absolute atomic E-state index is 12.4. The molecule has 3 aromatic rings. The van der Waals surface area contributed by atoms with Gasteiger partial charge >= 0.3 is 17.6 Å². The van der Waals surface area contributed by atoms with E-state index in [-0.39, 0.29) is 11.7 Å². The molecule has 0 atom stereocenters. The van der Waals surface area contributed by atoms with E-state index in [9.17, 15) is 14.4 Å². The van der Waals surface area contributed by atoms with Gasteiger partial charge in [0.1, 0.15) is 17.1 Å². The minimum Gasteiger partial charge on any atom is -0.494 e. The summed E-state index contributed by atoms with van der Waals surface area (Å²) in [5.74, 6) is 0.0171. The Morgan fingerprint density at radius 2 is 1.65 bits per heavy atom. The standard InChI is InChI=1S/C24H22O7/c1-2-5-22(25)29-15-4-3-14-28-19-10-7-18(8-11-19)24(27)30-20-12-6-17-9-13-23(26)31-21(17)16-20/h2,5-13,16H,3-4,14-15H2,1H3. The highest BCUT2D eigenvalue weighted by atomic mass is 16.5. The quantitative estimate of drug-likeness (QED) is 0.167. The Balaban J connectivity index is 1.46. The van der Waals surface area contributed by atoms with E-state index >= 15 is 0 Å². The van der Waals surface area contributed by atoms with Gasteiger partial charge in [0.15, 0.2) is 0 Å². The van der Waals surface area contributed by atoms with Crippen LogP contribution >= 0.6 is 0 Å². The molecule has 0 aliphatic carbocycles. The average Bonchev–Trinajstić information content (AvgIpc) is 2.76. The molecule has 0 unspecified atom stereocenters. The summed E-state index contributed by atoms with van der Waals surface area (Å²) in [6.45, 7) is 2.56. The summed E-state index contributed by atoms with van der Waals surface area (Å²) in [7, 11) is 0. The summed E-state index contributed by atoms with van der Waals surface area (Å²) < 4.78 is 21.1. The smallest absolute Gasteiger partial charge is 0.343 e. The fraction of sp³-hybridized carbons (Fsp3) is 0.208. The Morgan fingerprint density at radius 1 is 0.935 bits per heavy atom. The first kappa shape index (κ1) is 21.8. The van der Waals surface area contributed by atoms with Crippen molar-refractivity contribution in [2.24, 2.45) is 0 Å². The number of unbranched alkanes of at least 4 members (excludes halogenated alkanes) is 1. The zero-order valence-electron chi connectivity index (χ0n) is 17.0. The number of rotatable bonds is 9. The van der Waals surface area contributed by atoms with Crippen LogP contribution in [-0.2, 0) is 9.53 Å². The molecule has 1 aromatic heterocycles. The van der Waals surface area contributed by atoms with Crippen molar-refractivity contribution in [1.82, 2.24) is 0 Å². The molecular weight excluding hydrogens is 400 g/mol. The van der Waals surface area contributed by atoms with Crippen LogP contribution in [0.25, 0.3) is 11.0 Å². The van der Waals surface area contributed by atoms with E-state index in [4.69, 9.17) is 18.6 Å². The Labute approximate surface area is 178 Å². The van der Waals surface area contributed by atoms with Crippen LogP contribution in [-0.4, -0.2) is 25.2 Å². The van der Waals surface area contributed by atoms with Gasteiger partial charge in [-0.1, -0.05) is 6.08 Å². The Bertz CT molecular complexity index is 1130. The number of allylic oxidation sites excluding steroid dienone is 1. The second kappa shape index (κ2) is 10.8. The van der Waals surface area contributed by atoms with Crippen molar-refractivity contribution in [3.05, 3.63) is 82.7 Å². The molecule has 1 heterocycles. The van der Waals surface area contributed by atoms with E-state index in [0.29, 0.717) is 36.5 Å². The second-order valence-corrected chi connectivity index (χ2v) is 6.59. The van der Waals surface area contributed by atoms with Gasteiger partial charge in [-0.15, -0.1) is 0 Å². The number of hydrogen-bond acceptors (Lipinski definition) is 7. The SMILES string of the molecule is CC=CC(=O)OCCCCOc1ccc(C(=O)Oc2ccc3ccc(=O)oc3c2)cc1. The average molecular weight is 422 g/mol. The van der Waals surface area contributed by atoms with Crippen molar-refractivity contribution >= 4 is 22.9 Å². The number of carbonyl (C=O) groups is 2. The number of ether oxygens (including phenoxy) is 3. The molecule has 0 saturated heterocycles. The lowest BCUT2D eigenvalue weighted by Gasteiger charge is -2.08. The van der Waals surface area contributed by atoms with Gasteiger partial charge < -0.3 is 18.6 Å². The Kier molecular flexibility index (Phi) is 7.59. The molecule has 160 valence electrons. The second-order valence-electron chi connectivity index (χ2n) is 6.59. The number of hydrogen-bond donors (Lipinski definition) is 0. The topological polar surface area (TPSA) is 92.0 Å². The molecule has 0 N–H and O–H groups in total. The van der Waals surface area contributed by atoms with Gasteiger partial charge in [0, 0.05) is 23.6 Å². The summed E-state index contributed by atoms with van der Waals surface area (Å²) in [5, 5.41) is 0.733. The Morgan fingerprint density at radius 3 is 2.42 bits per heavy atom. The van der Waals surface area contributed by atoms with Crippen LogP contribution in [0, 0.1) is 0 Å². The minimum atomic E-state index is -0.535. The third kappa shape index (κ3) is 6.57. The van der Waals surface area contributed by atoms with Crippen LogP contribution in [0.5, 0.6) is 11.5 Å². The van der Waals surface area contributed by atoms with Gasteiger partial charge in [0.2, 0.25) is 0 Å². The van der Waals surface area contributed by atoms with E-state index < -0.39 is 11.6 Å². The van der Waals surface area contributed by atoms with Crippen molar-refractivity contribution in [2.75, 3.05) is 13.2 Å². The predicted molar refractivity (Wildman–Crippen MR) is 114 cm³/mol. The maximum Gasteiger partial charge on any atom is 0.343 e. The highest BCUT2D eigenvalue weighted by Gasteiger charge is 2.10. The van der Waals surface area contributed by atoms with E-state index in [1.807, 2.05) is 0 Å². The molecule has 0 aliphatic rings. The fourth-order valence-electron chi connectivity index (χ4n) is 2.71. The van der Waals surface area contributed by atoms with Crippen LogP contribution in [0.4, 0.5) is 0 Å². The number of benzene rings is 2. The molecule has 0 spiro atoms. The summed E-state index contributed by atoms with van der Waals surface area (Å²) in [4.78, 5) is 34.9. The molecule has 7 nitrogen and oxygen atoms in total. The third-order valence-electron chi connectivity index (χ3n) is 4.25. The molecular formula is C24H22O7. The van der Waals surface area contributed by atoms with E-state index in [1.54, 1.807) is 55.5 Å². The van der Waals surface area contributed by atoms with Gasteiger partial charge in [-0.05, 0) is 62.2 Å². The highest BCUT2D eigenvalue weighted by Crippen LogP contribution is 2.21. The van der Waals surface area contributed by atoms with Crippen LogP contribution in [0.3, 0.4) is 0 Å². The Hall–Kier alpha value is -3.87. The molecule has 3 rings (SSSR count). The van der Waals surface area contributed by atoms with Crippen LogP contribution in [0.15, 0.2) is 76.0 Å². The summed E-state index contributed by atoms with van der Waals surface area (Å²) in [6.07, 6.45) is 4.43. The third-order valence-corrected chi connectivity index (χ3v) is 4.25. The van der Waals surface area contributed by atoms with E-state index in [0.717, 1.165) is 11.8 Å². The van der Waals surface area contributed by atoms with Gasteiger partial charge in [0.25, 0.3) is 0 Å². The van der Waals surface area contributed by atoms with Gasteiger partial charge in [-0.2, -0.15) is 0 Å². The van der Waals surface area contributed by atoms with Crippen molar-refractivity contribution < 1.29 is 28.2 Å². The zero-order chi connectivity index (χ0) is 22.1.